The second-order valence-electron chi connectivity index (χ2n) is 5.74. The molecule has 2 heterocycles. The Hall–Kier alpha value is -3.47. The van der Waals surface area contributed by atoms with Crippen LogP contribution in [0.1, 0.15) is 5.56 Å². The number of aromatic nitrogens is 3. The normalized spacial score (nSPS) is 10.7. The smallest absolute Gasteiger partial charge is 0.228 e. The Morgan fingerprint density at radius 1 is 0.920 bits per heavy atom. The van der Waals surface area contributed by atoms with Gasteiger partial charge in [0, 0.05) is 17.4 Å². The van der Waals surface area contributed by atoms with E-state index >= 15 is 0 Å². The standard InChI is InChI=1S/C20H16N4O/c25-19(13-15-7-2-1-3-8-15)21-17-10-6-9-16(14-17)20-23-22-18-11-4-5-12-24(18)20/h1-12,14H,13H2,(H,21,25). The fraction of sp³-hybridized carbons (Fsp3) is 0.0500. The average molecular weight is 328 g/mol. The predicted octanol–water partition coefficient (Wildman–Crippen LogP) is 3.58. The number of amides is 1. The van der Waals surface area contributed by atoms with Crippen LogP contribution in [0.15, 0.2) is 79.0 Å². The number of nitrogens with zero attached hydrogens (tertiary/aromatic N) is 3. The van der Waals surface area contributed by atoms with Gasteiger partial charge in [0.1, 0.15) is 0 Å². The lowest BCUT2D eigenvalue weighted by Gasteiger charge is -2.07. The zero-order valence-electron chi connectivity index (χ0n) is 13.5. The van der Waals surface area contributed by atoms with E-state index in [0.717, 1.165) is 28.3 Å². The number of carbonyl (C=O) groups excluding carboxylic acids is 1. The molecular formula is C20H16N4O. The van der Waals surface area contributed by atoms with Gasteiger partial charge in [-0.25, -0.2) is 0 Å². The van der Waals surface area contributed by atoms with E-state index in [9.17, 15) is 4.79 Å². The van der Waals surface area contributed by atoms with Crippen molar-refractivity contribution in [2.75, 3.05) is 5.32 Å². The van der Waals surface area contributed by atoms with E-state index in [4.69, 9.17) is 0 Å². The molecule has 0 unspecified atom stereocenters. The Kier molecular flexibility index (Phi) is 3.96. The number of anilines is 1. The van der Waals surface area contributed by atoms with Crippen molar-refractivity contribution in [2.45, 2.75) is 6.42 Å². The maximum atomic E-state index is 12.2. The Labute approximate surface area is 145 Å². The van der Waals surface area contributed by atoms with E-state index in [-0.39, 0.29) is 5.91 Å². The highest BCUT2D eigenvalue weighted by Crippen LogP contribution is 2.21. The summed E-state index contributed by atoms with van der Waals surface area (Å²) in [6.45, 7) is 0. The third-order valence-corrected chi connectivity index (χ3v) is 3.93. The van der Waals surface area contributed by atoms with Gasteiger partial charge in [0.05, 0.1) is 6.42 Å². The molecule has 0 aliphatic rings. The molecule has 1 N–H and O–H groups in total. The summed E-state index contributed by atoms with van der Waals surface area (Å²) in [5, 5.41) is 11.4. The van der Waals surface area contributed by atoms with Gasteiger partial charge in [0.25, 0.3) is 0 Å². The summed E-state index contributed by atoms with van der Waals surface area (Å²) < 4.78 is 1.92. The van der Waals surface area contributed by atoms with Gasteiger partial charge >= 0.3 is 0 Å². The number of benzene rings is 2. The summed E-state index contributed by atoms with van der Waals surface area (Å²) in [4.78, 5) is 12.2. The van der Waals surface area contributed by atoms with Gasteiger partial charge in [0.2, 0.25) is 5.91 Å². The van der Waals surface area contributed by atoms with Crippen LogP contribution in [-0.4, -0.2) is 20.5 Å². The van der Waals surface area contributed by atoms with Crippen molar-refractivity contribution in [1.82, 2.24) is 14.6 Å². The number of hydrogen-bond donors (Lipinski definition) is 1. The van der Waals surface area contributed by atoms with Crippen LogP contribution in [0.5, 0.6) is 0 Å². The van der Waals surface area contributed by atoms with Crippen molar-refractivity contribution in [2.24, 2.45) is 0 Å². The minimum Gasteiger partial charge on any atom is -0.326 e. The lowest BCUT2D eigenvalue weighted by molar-refractivity contribution is -0.115. The Morgan fingerprint density at radius 2 is 1.76 bits per heavy atom. The first-order chi connectivity index (χ1) is 12.3. The van der Waals surface area contributed by atoms with Crippen molar-refractivity contribution < 1.29 is 4.79 Å². The highest BCUT2D eigenvalue weighted by molar-refractivity contribution is 5.92. The molecule has 122 valence electrons. The summed E-state index contributed by atoms with van der Waals surface area (Å²) in [5.74, 6) is 0.698. The summed E-state index contributed by atoms with van der Waals surface area (Å²) in [6.07, 6.45) is 2.27. The fourth-order valence-corrected chi connectivity index (χ4v) is 2.76. The minimum atomic E-state index is -0.0468. The monoisotopic (exact) mass is 328 g/mol. The number of rotatable bonds is 4. The lowest BCUT2D eigenvalue weighted by atomic mass is 10.1. The second-order valence-corrected chi connectivity index (χ2v) is 5.74. The van der Waals surface area contributed by atoms with Crippen LogP contribution in [0.2, 0.25) is 0 Å². The van der Waals surface area contributed by atoms with Gasteiger partial charge in [-0.2, -0.15) is 0 Å². The van der Waals surface area contributed by atoms with Crippen LogP contribution in [0, 0.1) is 0 Å². The number of pyridine rings is 1. The van der Waals surface area contributed by atoms with E-state index in [2.05, 4.69) is 15.5 Å². The maximum Gasteiger partial charge on any atom is 0.228 e. The third-order valence-electron chi connectivity index (χ3n) is 3.93. The van der Waals surface area contributed by atoms with Crippen molar-refractivity contribution in [3.63, 3.8) is 0 Å². The van der Waals surface area contributed by atoms with Crippen molar-refractivity contribution in [1.29, 1.82) is 0 Å². The van der Waals surface area contributed by atoms with Crippen LogP contribution in [0.3, 0.4) is 0 Å². The van der Waals surface area contributed by atoms with E-state index in [1.807, 2.05) is 83.4 Å². The van der Waals surface area contributed by atoms with E-state index in [1.165, 1.54) is 0 Å². The van der Waals surface area contributed by atoms with Gasteiger partial charge in [-0.1, -0.05) is 48.5 Å². The molecular weight excluding hydrogens is 312 g/mol. The number of nitrogens with one attached hydrogen (secondary N) is 1. The summed E-state index contributed by atoms with van der Waals surface area (Å²) in [7, 11) is 0. The predicted molar refractivity (Wildman–Crippen MR) is 97.2 cm³/mol. The van der Waals surface area contributed by atoms with Crippen molar-refractivity contribution in [3.8, 4) is 11.4 Å². The topological polar surface area (TPSA) is 59.3 Å². The van der Waals surface area contributed by atoms with E-state index < -0.39 is 0 Å². The molecule has 1 amide bonds. The van der Waals surface area contributed by atoms with Crippen LogP contribution in [-0.2, 0) is 11.2 Å². The molecule has 2 aromatic carbocycles. The first-order valence-electron chi connectivity index (χ1n) is 8.03. The molecule has 0 spiro atoms. The largest absolute Gasteiger partial charge is 0.326 e. The fourth-order valence-electron chi connectivity index (χ4n) is 2.76. The minimum absolute atomic E-state index is 0.0468. The summed E-state index contributed by atoms with van der Waals surface area (Å²) >= 11 is 0. The molecule has 4 aromatic rings. The first-order valence-corrected chi connectivity index (χ1v) is 8.03. The zero-order chi connectivity index (χ0) is 17.1. The summed E-state index contributed by atoms with van der Waals surface area (Å²) in [6, 6.07) is 23.1. The molecule has 0 saturated heterocycles. The Bertz CT molecular complexity index is 1020. The van der Waals surface area contributed by atoms with Gasteiger partial charge < -0.3 is 5.32 Å². The molecule has 0 atom stereocenters. The average Bonchev–Trinajstić information content (AvgIpc) is 3.07. The van der Waals surface area contributed by atoms with Crippen LogP contribution < -0.4 is 5.32 Å². The maximum absolute atomic E-state index is 12.2. The second kappa shape index (κ2) is 6.57. The quantitative estimate of drug-likeness (QED) is 0.623. The molecule has 0 aliphatic heterocycles. The summed E-state index contributed by atoms with van der Waals surface area (Å²) in [5.41, 5.74) is 3.41. The molecule has 25 heavy (non-hydrogen) atoms. The number of fused-ring (bicyclic) bond motifs is 1. The van der Waals surface area contributed by atoms with Crippen molar-refractivity contribution >= 4 is 17.2 Å². The highest BCUT2D eigenvalue weighted by atomic mass is 16.1. The lowest BCUT2D eigenvalue weighted by Crippen LogP contribution is -2.14. The molecule has 5 nitrogen and oxygen atoms in total. The Balaban J connectivity index is 1.56. The van der Waals surface area contributed by atoms with Gasteiger partial charge in [-0.3, -0.25) is 9.20 Å². The third kappa shape index (κ3) is 3.26. The molecule has 0 saturated carbocycles. The molecule has 5 heteroatoms. The molecule has 0 aliphatic carbocycles. The van der Waals surface area contributed by atoms with Crippen LogP contribution >= 0.6 is 0 Å². The molecule has 2 aromatic heterocycles. The molecule has 4 rings (SSSR count). The van der Waals surface area contributed by atoms with E-state index in [1.54, 1.807) is 0 Å². The highest BCUT2D eigenvalue weighted by Gasteiger charge is 2.09. The van der Waals surface area contributed by atoms with Gasteiger partial charge in [-0.15, -0.1) is 10.2 Å². The first kappa shape index (κ1) is 15.1. The van der Waals surface area contributed by atoms with Gasteiger partial charge in [0.15, 0.2) is 11.5 Å². The molecule has 0 bridgehead atoms. The van der Waals surface area contributed by atoms with Gasteiger partial charge in [-0.05, 0) is 29.8 Å². The van der Waals surface area contributed by atoms with Crippen molar-refractivity contribution in [3.05, 3.63) is 84.6 Å². The Morgan fingerprint density at radius 3 is 2.64 bits per heavy atom. The molecule has 0 fully saturated rings. The number of carbonyl (C=O) groups is 1. The van der Waals surface area contributed by atoms with Crippen LogP contribution in [0.25, 0.3) is 17.0 Å². The van der Waals surface area contributed by atoms with E-state index in [0.29, 0.717) is 6.42 Å². The number of hydrogen-bond acceptors (Lipinski definition) is 3. The zero-order valence-corrected chi connectivity index (χ0v) is 13.5. The van der Waals surface area contributed by atoms with Crippen LogP contribution in [0.4, 0.5) is 5.69 Å². The molecule has 0 radical (unpaired) electrons. The SMILES string of the molecule is O=C(Cc1ccccc1)Nc1cccc(-c2nnc3ccccn23)c1.